The summed E-state index contributed by atoms with van der Waals surface area (Å²) in [5.74, 6) is -1.30. The Kier molecular flexibility index (Phi) is 3.80. The molecular formula is C12H7ClF4N2O. The third kappa shape index (κ3) is 3.36. The van der Waals surface area contributed by atoms with E-state index in [1.165, 1.54) is 6.07 Å². The second kappa shape index (κ2) is 5.24. The lowest BCUT2D eigenvalue weighted by Crippen LogP contribution is -2.08. The van der Waals surface area contributed by atoms with Crippen molar-refractivity contribution in [1.29, 1.82) is 0 Å². The molecule has 0 aliphatic carbocycles. The Hall–Kier alpha value is -1.89. The van der Waals surface area contributed by atoms with Crippen LogP contribution in [0, 0.1) is 12.7 Å². The summed E-state index contributed by atoms with van der Waals surface area (Å²) < 4.78 is 55.9. The summed E-state index contributed by atoms with van der Waals surface area (Å²) in [6.45, 7) is 1.55. The molecule has 0 saturated heterocycles. The maximum Gasteiger partial charge on any atom is 0.419 e. The van der Waals surface area contributed by atoms with Crippen molar-refractivity contribution in [2.45, 2.75) is 13.1 Å². The zero-order valence-corrected chi connectivity index (χ0v) is 10.8. The highest BCUT2D eigenvalue weighted by Crippen LogP contribution is 2.34. The fourth-order valence-corrected chi connectivity index (χ4v) is 1.68. The highest BCUT2D eigenvalue weighted by Gasteiger charge is 2.34. The van der Waals surface area contributed by atoms with Gasteiger partial charge < -0.3 is 4.74 Å². The topological polar surface area (TPSA) is 35.0 Å². The van der Waals surface area contributed by atoms with E-state index in [2.05, 4.69) is 9.97 Å². The second-order valence-electron chi connectivity index (χ2n) is 3.82. The first-order valence-electron chi connectivity index (χ1n) is 5.31. The van der Waals surface area contributed by atoms with Crippen molar-refractivity contribution in [3.8, 4) is 11.6 Å². The Morgan fingerprint density at radius 3 is 2.45 bits per heavy atom. The van der Waals surface area contributed by atoms with Crippen molar-refractivity contribution < 1.29 is 22.3 Å². The molecule has 0 N–H and O–H groups in total. The van der Waals surface area contributed by atoms with Gasteiger partial charge in [-0.3, -0.25) is 0 Å². The maximum absolute atomic E-state index is 13.1. The van der Waals surface area contributed by atoms with Gasteiger partial charge in [0, 0.05) is 6.07 Å². The molecule has 0 radical (unpaired) electrons. The van der Waals surface area contributed by atoms with Crippen LogP contribution in [0.25, 0.3) is 0 Å². The summed E-state index contributed by atoms with van der Waals surface area (Å²) >= 11 is 5.67. The van der Waals surface area contributed by atoms with E-state index >= 15 is 0 Å². The van der Waals surface area contributed by atoms with E-state index in [1.54, 1.807) is 6.92 Å². The number of aryl methyl sites for hydroxylation is 1. The minimum absolute atomic E-state index is 0.0257. The molecule has 1 aromatic heterocycles. The van der Waals surface area contributed by atoms with E-state index in [-0.39, 0.29) is 16.8 Å². The van der Waals surface area contributed by atoms with Gasteiger partial charge in [-0.15, -0.1) is 0 Å². The molecule has 0 spiro atoms. The normalized spacial score (nSPS) is 11.5. The molecule has 0 fully saturated rings. The van der Waals surface area contributed by atoms with Crippen molar-refractivity contribution in [2.24, 2.45) is 0 Å². The standard InChI is InChI=1S/C12H7ClF4N2O/c1-6-18-10(13)5-11(19-6)20-7-2-3-9(14)8(4-7)12(15,16)17/h2-5H,1H3. The molecule has 0 atom stereocenters. The molecule has 2 rings (SSSR count). The van der Waals surface area contributed by atoms with Crippen LogP contribution in [0.3, 0.4) is 0 Å². The quantitative estimate of drug-likeness (QED) is 0.610. The van der Waals surface area contributed by atoms with Crippen LogP contribution in [0.5, 0.6) is 11.6 Å². The number of nitrogens with zero attached hydrogens (tertiary/aromatic N) is 2. The molecule has 0 saturated carbocycles. The van der Waals surface area contributed by atoms with Gasteiger partial charge >= 0.3 is 6.18 Å². The number of hydrogen-bond donors (Lipinski definition) is 0. The van der Waals surface area contributed by atoms with Crippen molar-refractivity contribution in [3.63, 3.8) is 0 Å². The average molecular weight is 307 g/mol. The Morgan fingerprint density at radius 2 is 1.85 bits per heavy atom. The Bertz CT molecular complexity index is 626. The van der Waals surface area contributed by atoms with Crippen LogP contribution in [-0.4, -0.2) is 9.97 Å². The first-order valence-corrected chi connectivity index (χ1v) is 5.69. The first-order chi connectivity index (χ1) is 9.25. The number of rotatable bonds is 2. The molecule has 3 nitrogen and oxygen atoms in total. The average Bonchev–Trinajstić information content (AvgIpc) is 2.29. The summed E-state index contributed by atoms with van der Waals surface area (Å²) in [5, 5.41) is 0.0886. The van der Waals surface area contributed by atoms with E-state index in [0.717, 1.165) is 6.07 Å². The van der Waals surface area contributed by atoms with Gasteiger partial charge in [0.05, 0.1) is 5.56 Å². The highest BCUT2D eigenvalue weighted by atomic mass is 35.5. The molecule has 106 valence electrons. The minimum Gasteiger partial charge on any atom is -0.439 e. The lowest BCUT2D eigenvalue weighted by molar-refractivity contribution is -0.140. The largest absolute Gasteiger partial charge is 0.439 e. The number of hydrogen-bond acceptors (Lipinski definition) is 3. The molecule has 20 heavy (non-hydrogen) atoms. The van der Waals surface area contributed by atoms with Gasteiger partial charge in [-0.25, -0.2) is 9.37 Å². The second-order valence-corrected chi connectivity index (χ2v) is 4.20. The summed E-state index contributed by atoms with van der Waals surface area (Å²) in [6, 6.07) is 3.54. The molecule has 2 aromatic rings. The van der Waals surface area contributed by atoms with Crippen LogP contribution < -0.4 is 4.74 Å². The lowest BCUT2D eigenvalue weighted by atomic mass is 10.2. The minimum atomic E-state index is -4.80. The number of alkyl halides is 3. The van der Waals surface area contributed by atoms with Crippen molar-refractivity contribution in [1.82, 2.24) is 9.97 Å². The predicted octanol–water partition coefficient (Wildman–Crippen LogP) is 4.39. The van der Waals surface area contributed by atoms with Crippen molar-refractivity contribution >= 4 is 11.6 Å². The summed E-state index contributed by atoms with van der Waals surface area (Å²) in [4.78, 5) is 7.63. The number of benzene rings is 1. The van der Waals surface area contributed by atoms with Crippen LogP contribution in [0.2, 0.25) is 5.15 Å². The van der Waals surface area contributed by atoms with Gasteiger partial charge in [0.2, 0.25) is 5.88 Å². The first kappa shape index (κ1) is 14.5. The molecule has 8 heteroatoms. The Labute approximate surface area is 116 Å². The summed E-state index contributed by atoms with van der Waals surface area (Å²) in [6.07, 6.45) is -4.80. The molecular weight excluding hydrogens is 300 g/mol. The molecule has 0 aliphatic heterocycles. The van der Waals surface area contributed by atoms with E-state index in [1.807, 2.05) is 0 Å². The third-order valence-electron chi connectivity index (χ3n) is 2.25. The Morgan fingerprint density at radius 1 is 1.15 bits per heavy atom. The van der Waals surface area contributed by atoms with E-state index in [4.69, 9.17) is 16.3 Å². The van der Waals surface area contributed by atoms with Crippen LogP contribution >= 0.6 is 11.6 Å². The number of halogens is 5. The van der Waals surface area contributed by atoms with Gasteiger partial charge in [-0.05, 0) is 25.1 Å². The molecule has 1 aromatic carbocycles. The smallest absolute Gasteiger partial charge is 0.419 e. The maximum atomic E-state index is 13.1. The molecule has 0 aliphatic rings. The Balaban J connectivity index is 2.35. The lowest BCUT2D eigenvalue weighted by Gasteiger charge is -2.10. The number of aromatic nitrogens is 2. The fourth-order valence-electron chi connectivity index (χ4n) is 1.46. The number of ether oxygens (including phenoxy) is 1. The van der Waals surface area contributed by atoms with Crippen LogP contribution in [0.1, 0.15) is 11.4 Å². The highest BCUT2D eigenvalue weighted by molar-refractivity contribution is 6.29. The van der Waals surface area contributed by atoms with Gasteiger partial charge in [0.15, 0.2) is 0 Å². The fraction of sp³-hybridized carbons (Fsp3) is 0.167. The van der Waals surface area contributed by atoms with E-state index in [0.29, 0.717) is 18.0 Å². The van der Waals surface area contributed by atoms with Crippen LogP contribution in [0.15, 0.2) is 24.3 Å². The zero-order valence-electron chi connectivity index (χ0n) is 10.0. The van der Waals surface area contributed by atoms with Crippen molar-refractivity contribution in [2.75, 3.05) is 0 Å². The van der Waals surface area contributed by atoms with Crippen LogP contribution in [-0.2, 0) is 6.18 Å². The van der Waals surface area contributed by atoms with Gasteiger partial charge in [-0.2, -0.15) is 18.2 Å². The molecule has 0 amide bonds. The molecule has 0 unspecified atom stereocenters. The van der Waals surface area contributed by atoms with Gasteiger partial charge in [-0.1, -0.05) is 11.6 Å². The predicted molar refractivity (Wildman–Crippen MR) is 63.3 cm³/mol. The monoisotopic (exact) mass is 306 g/mol. The molecule has 1 heterocycles. The van der Waals surface area contributed by atoms with Crippen molar-refractivity contribution in [3.05, 3.63) is 46.6 Å². The summed E-state index contributed by atoms with van der Waals surface area (Å²) in [5.41, 5.74) is -1.41. The van der Waals surface area contributed by atoms with E-state index in [9.17, 15) is 17.6 Å². The van der Waals surface area contributed by atoms with E-state index < -0.39 is 17.6 Å². The molecule has 0 bridgehead atoms. The zero-order chi connectivity index (χ0) is 14.9. The third-order valence-corrected chi connectivity index (χ3v) is 2.44. The summed E-state index contributed by atoms with van der Waals surface area (Å²) in [7, 11) is 0. The van der Waals surface area contributed by atoms with Gasteiger partial charge in [0.1, 0.15) is 22.5 Å². The van der Waals surface area contributed by atoms with Crippen LogP contribution in [0.4, 0.5) is 17.6 Å². The van der Waals surface area contributed by atoms with Gasteiger partial charge in [0.25, 0.3) is 0 Å². The SMILES string of the molecule is Cc1nc(Cl)cc(Oc2ccc(F)c(C(F)(F)F)c2)n1.